The first-order valence-electron chi connectivity index (χ1n) is 9.18. The molecule has 24 heavy (non-hydrogen) atoms. The zero-order valence-electron chi connectivity index (χ0n) is 17.7. The molecule has 1 fully saturated rings. The molecule has 0 saturated carbocycles. The van der Waals surface area contributed by atoms with Crippen molar-refractivity contribution in [3.8, 4) is 0 Å². The fraction of sp³-hybridized carbons (Fsp3) is 0.905. The lowest BCUT2D eigenvalue weighted by atomic mass is 9.51. The first kappa shape index (κ1) is 21.2. The highest BCUT2D eigenvalue weighted by atomic mass is 16.6. The van der Waals surface area contributed by atoms with Crippen molar-refractivity contribution in [3.63, 3.8) is 0 Å². The fourth-order valence-corrected chi connectivity index (χ4v) is 4.27. The summed E-state index contributed by atoms with van der Waals surface area (Å²) in [7, 11) is 0. The van der Waals surface area contributed by atoms with Gasteiger partial charge in [0.05, 0.1) is 11.8 Å². The van der Waals surface area contributed by atoms with Gasteiger partial charge < -0.3 is 4.74 Å². The van der Waals surface area contributed by atoms with Crippen LogP contribution in [0.2, 0.25) is 0 Å². The topological polar surface area (TPSA) is 43.4 Å². The van der Waals surface area contributed by atoms with E-state index in [-0.39, 0.29) is 39.5 Å². The quantitative estimate of drug-likeness (QED) is 0.504. The maximum Gasteiger partial charge on any atom is 0.318 e. The van der Waals surface area contributed by atoms with Crippen LogP contribution in [0.4, 0.5) is 0 Å². The Labute approximate surface area is 148 Å². The molecule has 0 aromatic heterocycles. The van der Waals surface area contributed by atoms with Crippen LogP contribution in [-0.2, 0) is 14.3 Å². The standard InChI is InChI=1S/C21H38O3/c1-13(12-18(2,3)4)20(8,9)21(10,11)15-14(19(5,6)7)16(22)24-17(15)23/h13-15H,12H2,1-11H3. The third-order valence-corrected chi connectivity index (χ3v) is 6.56. The van der Waals surface area contributed by atoms with Gasteiger partial charge in [0.15, 0.2) is 0 Å². The summed E-state index contributed by atoms with van der Waals surface area (Å²) in [5.41, 5.74) is -0.534. The van der Waals surface area contributed by atoms with Crippen LogP contribution in [0.15, 0.2) is 0 Å². The largest absolute Gasteiger partial charge is 0.393 e. The third-order valence-electron chi connectivity index (χ3n) is 6.56. The van der Waals surface area contributed by atoms with Crippen LogP contribution < -0.4 is 0 Å². The van der Waals surface area contributed by atoms with Crippen LogP contribution in [0.5, 0.6) is 0 Å². The van der Waals surface area contributed by atoms with Gasteiger partial charge in [-0.25, -0.2) is 0 Å². The predicted molar refractivity (Wildman–Crippen MR) is 98.3 cm³/mol. The van der Waals surface area contributed by atoms with Gasteiger partial charge in [0, 0.05) is 0 Å². The SMILES string of the molecule is CC(CC(C)(C)C)C(C)(C)C(C)(C)C1C(=O)OC(=O)C1C(C)(C)C. The molecule has 3 unspecified atom stereocenters. The van der Waals surface area contributed by atoms with Crippen LogP contribution in [0.3, 0.4) is 0 Å². The van der Waals surface area contributed by atoms with Crippen LogP contribution in [-0.4, -0.2) is 11.9 Å². The van der Waals surface area contributed by atoms with Crippen molar-refractivity contribution < 1.29 is 14.3 Å². The summed E-state index contributed by atoms with van der Waals surface area (Å²) >= 11 is 0. The second kappa shape index (κ2) is 6.14. The molecule has 0 aromatic rings. The minimum atomic E-state index is -0.401. The van der Waals surface area contributed by atoms with Gasteiger partial charge in [0.25, 0.3) is 0 Å². The van der Waals surface area contributed by atoms with Gasteiger partial charge in [0.2, 0.25) is 0 Å². The van der Waals surface area contributed by atoms with Crippen molar-refractivity contribution in [1.29, 1.82) is 0 Å². The summed E-state index contributed by atoms with van der Waals surface area (Å²) in [5, 5.41) is 0. The lowest BCUT2D eigenvalue weighted by molar-refractivity contribution is -0.156. The number of carbonyl (C=O) groups is 2. The van der Waals surface area contributed by atoms with Crippen molar-refractivity contribution in [2.45, 2.75) is 82.6 Å². The molecule has 3 atom stereocenters. The Morgan fingerprint density at radius 2 is 1.25 bits per heavy atom. The summed E-state index contributed by atoms with van der Waals surface area (Å²) < 4.78 is 5.10. The number of esters is 2. The van der Waals surface area contributed by atoms with Crippen LogP contribution in [0.1, 0.15) is 82.6 Å². The van der Waals surface area contributed by atoms with Crippen molar-refractivity contribution in [3.05, 3.63) is 0 Å². The molecule has 1 aliphatic heterocycles. The zero-order valence-corrected chi connectivity index (χ0v) is 17.7. The molecule has 0 spiro atoms. The molecule has 1 saturated heterocycles. The highest BCUT2D eigenvalue weighted by molar-refractivity contribution is 5.97. The summed E-state index contributed by atoms with van der Waals surface area (Å²) in [6.45, 7) is 23.8. The van der Waals surface area contributed by atoms with Gasteiger partial charge in [-0.15, -0.1) is 0 Å². The second-order valence-corrected chi connectivity index (χ2v) is 11.2. The van der Waals surface area contributed by atoms with Gasteiger partial charge in [-0.05, 0) is 34.0 Å². The summed E-state index contributed by atoms with van der Waals surface area (Å²) in [6, 6.07) is 0. The first-order valence-corrected chi connectivity index (χ1v) is 9.18. The average molecular weight is 339 g/mol. The molecule has 0 bridgehead atoms. The Kier molecular flexibility index (Phi) is 5.42. The van der Waals surface area contributed by atoms with Gasteiger partial charge in [-0.2, -0.15) is 0 Å². The highest BCUT2D eigenvalue weighted by Gasteiger charge is 2.60. The van der Waals surface area contributed by atoms with Crippen molar-refractivity contribution in [2.24, 2.45) is 39.4 Å². The maximum atomic E-state index is 12.6. The average Bonchev–Trinajstić information content (AvgIpc) is 2.61. The van der Waals surface area contributed by atoms with E-state index in [2.05, 4.69) is 55.4 Å². The third kappa shape index (κ3) is 3.86. The van der Waals surface area contributed by atoms with E-state index in [4.69, 9.17) is 4.74 Å². The molecule has 1 heterocycles. The molecule has 140 valence electrons. The van der Waals surface area contributed by atoms with Crippen LogP contribution in [0.25, 0.3) is 0 Å². The van der Waals surface area contributed by atoms with E-state index < -0.39 is 5.92 Å². The lowest BCUT2D eigenvalue weighted by Crippen LogP contribution is -2.49. The fourth-order valence-electron chi connectivity index (χ4n) is 4.27. The molecular weight excluding hydrogens is 300 g/mol. The minimum absolute atomic E-state index is 0.113. The molecule has 0 aliphatic carbocycles. The van der Waals surface area contributed by atoms with E-state index in [0.717, 1.165) is 6.42 Å². The Morgan fingerprint density at radius 3 is 1.62 bits per heavy atom. The number of ether oxygens (including phenoxy) is 1. The van der Waals surface area contributed by atoms with Gasteiger partial charge in [-0.1, -0.05) is 76.2 Å². The Morgan fingerprint density at radius 1 is 0.833 bits per heavy atom. The number of carbonyl (C=O) groups excluding carboxylic acids is 2. The predicted octanol–water partition coefficient (Wildman–Crippen LogP) is 5.47. The Balaban J connectivity index is 3.29. The first-order chi connectivity index (χ1) is 10.4. The maximum absolute atomic E-state index is 12.6. The lowest BCUT2D eigenvalue weighted by Gasteiger charge is -2.51. The van der Waals surface area contributed by atoms with E-state index in [1.165, 1.54) is 0 Å². The number of hydrogen-bond acceptors (Lipinski definition) is 3. The molecule has 3 heteroatoms. The summed E-state index contributed by atoms with van der Waals surface area (Å²) in [6.07, 6.45) is 1.07. The monoisotopic (exact) mass is 338 g/mol. The van der Waals surface area contributed by atoms with E-state index in [1.807, 2.05) is 20.8 Å². The van der Waals surface area contributed by atoms with Crippen LogP contribution >= 0.6 is 0 Å². The molecular formula is C21H38O3. The Hall–Kier alpha value is -0.860. The van der Waals surface area contributed by atoms with Gasteiger partial charge >= 0.3 is 11.9 Å². The van der Waals surface area contributed by atoms with Crippen molar-refractivity contribution in [2.75, 3.05) is 0 Å². The molecule has 0 amide bonds. The number of hydrogen-bond donors (Lipinski definition) is 0. The summed E-state index contributed by atoms with van der Waals surface area (Å²) in [4.78, 5) is 25.0. The van der Waals surface area contributed by atoms with Gasteiger partial charge in [0.1, 0.15) is 0 Å². The van der Waals surface area contributed by atoms with Crippen molar-refractivity contribution >= 4 is 11.9 Å². The Bertz CT molecular complexity index is 500. The molecule has 1 rings (SSSR count). The zero-order chi connectivity index (χ0) is 19.3. The smallest absolute Gasteiger partial charge is 0.318 e. The molecule has 0 radical (unpaired) electrons. The van der Waals surface area contributed by atoms with Crippen molar-refractivity contribution in [1.82, 2.24) is 0 Å². The van der Waals surface area contributed by atoms with E-state index in [0.29, 0.717) is 5.92 Å². The van der Waals surface area contributed by atoms with E-state index >= 15 is 0 Å². The molecule has 3 nitrogen and oxygen atoms in total. The van der Waals surface area contributed by atoms with E-state index in [9.17, 15) is 9.59 Å². The van der Waals surface area contributed by atoms with E-state index in [1.54, 1.807) is 0 Å². The number of rotatable bonds is 4. The highest BCUT2D eigenvalue weighted by Crippen LogP contribution is 2.57. The molecule has 1 aliphatic rings. The molecule has 0 aromatic carbocycles. The van der Waals surface area contributed by atoms with Gasteiger partial charge in [-0.3, -0.25) is 9.59 Å². The minimum Gasteiger partial charge on any atom is -0.393 e. The van der Waals surface area contributed by atoms with Crippen LogP contribution in [0, 0.1) is 39.4 Å². The molecule has 0 N–H and O–H groups in total. The second-order valence-electron chi connectivity index (χ2n) is 11.2. The number of cyclic esters (lactones) is 2. The normalized spacial score (nSPS) is 25.0. The summed E-state index contributed by atoms with van der Waals surface area (Å²) in [5.74, 6) is -1.08.